The van der Waals surface area contributed by atoms with E-state index in [4.69, 9.17) is 16.3 Å². The third kappa shape index (κ3) is 3.15. The van der Waals surface area contributed by atoms with Gasteiger partial charge in [-0.15, -0.1) is 0 Å². The first-order valence-electron chi connectivity index (χ1n) is 6.25. The maximum Gasteiger partial charge on any atom is 0.312 e. The van der Waals surface area contributed by atoms with E-state index >= 15 is 0 Å². The second kappa shape index (κ2) is 6.11. The Bertz CT molecular complexity index is 700. The molecule has 0 unspecified atom stereocenters. The van der Waals surface area contributed by atoms with Gasteiger partial charge in [0, 0.05) is 11.6 Å². The molecule has 1 N–H and O–H groups in total. The summed E-state index contributed by atoms with van der Waals surface area (Å²) in [6.07, 6.45) is 0. The molecule has 0 aromatic heterocycles. The van der Waals surface area contributed by atoms with Crippen molar-refractivity contribution in [1.82, 2.24) is 0 Å². The van der Waals surface area contributed by atoms with Gasteiger partial charge in [-0.25, -0.2) is 0 Å². The highest BCUT2D eigenvalue weighted by atomic mass is 35.5. The predicted molar refractivity (Wildman–Crippen MR) is 80.0 cm³/mol. The van der Waals surface area contributed by atoms with E-state index < -0.39 is 4.92 Å². The number of halogens is 1. The van der Waals surface area contributed by atoms with Crippen LogP contribution in [0, 0.1) is 24.0 Å². The highest BCUT2D eigenvalue weighted by molar-refractivity contribution is 6.32. The summed E-state index contributed by atoms with van der Waals surface area (Å²) in [5.41, 5.74) is 1.74. The van der Waals surface area contributed by atoms with Crippen LogP contribution >= 0.6 is 11.6 Å². The van der Waals surface area contributed by atoms with Gasteiger partial charge in [0.05, 0.1) is 16.6 Å². The number of aliphatic hydroxyl groups excluding tert-OH is 1. The molecule has 0 aliphatic rings. The van der Waals surface area contributed by atoms with Crippen molar-refractivity contribution < 1.29 is 14.8 Å². The van der Waals surface area contributed by atoms with E-state index in [1.54, 1.807) is 38.1 Å². The summed E-state index contributed by atoms with van der Waals surface area (Å²) in [5.74, 6) is 0.366. The Kier molecular flexibility index (Phi) is 4.45. The number of nitrogens with zero attached hydrogens (tertiary/aromatic N) is 1. The van der Waals surface area contributed by atoms with Crippen LogP contribution in [0.15, 0.2) is 30.3 Å². The number of hydrogen-bond acceptors (Lipinski definition) is 4. The molecule has 0 amide bonds. The molecule has 2 aromatic rings. The zero-order valence-electron chi connectivity index (χ0n) is 11.6. The molecule has 0 fully saturated rings. The summed E-state index contributed by atoms with van der Waals surface area (Å²) < 4.78 is 5.68. The Hall–Kier alpha value is -2.11. The number of para-hydroxylation sites is 1. The molecule has 0 saturated carbocycles. The first kappa shape index (κ1) is 15.3. The van der Waals surface area contributed by atoms with Crippen molar-refractivity contribution in [2.75, 3.05) is 0 Å². The largest absolute Gasteiger partial charge is 0.448 e. The van der Waals surface area contributed by atoms with E-state index in [0.717, 1.165) is 5.56 Å². The lowest BCUT2D eigenvalue weighted by Gasteiger charge is -2.14. The molecule has 0 radical (unpaired) electrons. The van der Waals surface area contributed by atoms with Gasteiger partial charge in [-0.3, -0.25) is 10.1 Å². The molecule has 110 valence electrons. The maximum atomic E-state index is 11.2. The topological polar surface area (TPSA) is 72.6 Å². The van der Waals surface area contributed by atoms with E-state index in [1.807, 2.05) is 0 Å². The van der Waals surface area contributed by atoms with Crippen LogP contribution in [-0.4, -0.2) is 10.0 Å². The van der Waals surface area contributed by atoms with Gasteiger partial charge in [-0.05, 0) is 31.0 Å². The third-order valence-corrected chi connectivity index (χ3v) is 3.32. The fourth-order valence-corrected chi connectivity index (χ4v) is 2.33. The minimum Gasteiger partial charge on any atom is -0.448 e. The van der Waals surface area contributed by atoms with Gasteiger partial charge in [0.25, 0.3) is 0 Å². The van der Waals surface area contributed by atoms with Gasteiger partial charge in [-0.2, -0.15) is 0 Å². The molecule has 2 rings (SSSR count). The molecule has 0 aliphatic heterocycles. The summed E-state index contributed by atoms with van der Waals surface area (Å²) in [6, 6.07) is 8.16. The summed E-state index contributed by atoms with van der Waals surface area (Å²) >= 11 is 6.07. The smallest absolute Gasteiger partial charge is 0.312 e. The fraction of sp³-hybridized carbons (Fsp3) is 0.200. The Morgan fingerprint density at radius 3 is 2.62 bits per heavy atom. The number of nitro groups is 1. The van der Waals surface area contributed by atoms with E-state index in [9.17, 15) is 15.2 Å². The van der Waals surface area contributed by atoms with Crippen LogP contribution in [0.4, 0.5) is 5.69 Å². The van der Waals surface area contributed by atoms with Crippen LogP contribution in [0.2, 0.25) is 5.02 Å². The van der Waals surface area contributed by atoms with E-state index in [0.29, 0.717) is 11.1 Å². The molecule has 0 heterocycles. The van der Waals surface area contributed by atoms with Gasteiger partial charge >= 0.3 is 5.69 Å². The molecule has 21 heavy (non-hydrogen) atoms. The van der Waals surface area contributed by atoms with Gasteiger partial charge in [0.2, 0.25) is 5.75 Å². The molecule has 6 heteroatoms. The normalized spacial score (nSPS) is 10.5. The Balaban J connectivity index is 2.57. The minimum absolute atomic E-state index is 0.128. The average molecular weight is 308 g/mol. The van der Waals surface area contributed by atoms with Crippen LogP contribution in [0.25, 0.3) is 0 Å². The first-order valence-corrected chi connectivity index (χ1v) is 6.63. The zero-order valence-corrected chi connectivity index (χ0v) is 12.3. The highest BCUT2D eigenvalue weighted by Crippen LogP contribution is 2.39. The number of ether oxygens (including phenoxy) is 1. The maximum absolute atomic E-state index is 11.2. The molecule has 5 nitrogen and oxygen atoms in total. The second-order valence-corrected chi connectivity index (χ2v) is 5.08. The Labute approximate surface area is 126 Å². The van der Waals surface area contributed by atoms with Gasteiger partial charge in [0.15, 0.2) is 5.75 Å². The van der Waals surface area contributed by atoms with E-state index in [-0.39, 0.29) is 28.8 Å². The van der Waals surface area contributed by atoms with Gasteiger partial charge < -0.3 is 9.84 Å². The molecule has 0 saturated heterocycles. The average Bonchev–Trinajstić information content (AvgIpc) is 2.42. The van der Waals surface area contributed by atoms with Crippen LogP contribution in [0.5, 0.6) is 11.5 Å². The summed E-state index contributed by atoms with van der Waals surface area (Å²) in [6.45, 7) is 3.23. The SMILES string of the molecule is Cc1cc(C)c(Oc2c(Cl)cccc2CO)c([N+](=O)[O-])c1. The van der Waals surface area contributed by atoms with Crippen LogP contribution in [-0.2, 0) is 6.61 Å². The molecular weight excluding hydrogens is 294 g/mol. The van der Waals surface area contributed by atoms with Crippen molar-refractivity contribution in [2.45, 2.75) is 20.5 Å². The highest BCUT2D eigenvalue weighted by Gasteiger charge is 2.21. The number of hydrogen-bond donors (Lipinski definition) is 1. The van der Waals surface area contributed by atoms with Crippen molar-refractivity contribution in [2.24, 2.45) is 0 Å². The number of aliphatic hydroxyl groups is 1. The summed E-state index contributed by atoms with van der Waals surface area (Å²) in [5, 5.41) is 20.8. The zero-order chi connectivity index (χ0) is 15.6. The lowest BCUT2D eigenvalue weighted by Crippen LogP contribution is -1.99. The van der Waals surface area contributed by atoms with Crippen molar-refractivity contribution in [3.05, 3.63) is 62.2 Å². The van der Waals surface area contributed by atoms with Crippen molar-refractivity contribution >= 4 is 17.3 Å². The minimum atomic E-state index is -0.495. The van der Waals surface area contributed by atoms with Gasteiger partial charge in [-0.1, -0.05) is 29.8 Å². The Morgan fingerprint density at radius 1 is 1.29 bits per heavy atom. The molecule has 0 aliphatic carbocycles. The van der Waals surface area contributed by atoms with Crippen LogP contribution in [0.1, 0.15) is 16.7 Å². The van der Waals surface area contributed by atoms with Crippen molar-refractivity contribution in [3.8, 4) is 11.5 Å². The summed E-state index contributed by atoms with van der Waals surface area (Å²) in [7, 11) is 0. The number of aryl methyl sites for hydroxylation is 2. The van der Waals surface area contributed by atoms with Crippen molar-refractivity contribution in [3.63, 3.8) is 0 Å². The fourth-order valence-electron chi connectivity index (χ4n) is 2.09. The lowest BCUT2D eigenvalue weighted by atomic mass is 10.1. The molecule has 0 bridgehead atoms. The molecule has 2 aromatic carbocycles. The molecular formula is C15H14ClNO4. The molecule has 0 atom stereocenters. The van der Waals surface area contributed by atoms with E-state index in [2.05, 4.69) is 0 Å². The number of nitro benzene ring substituents is 1. The number of rotatable bonds is 4. The quantitative estimate of drug-likeness (QED) is 0.680. The predicted octanol–water partition coefficient (Wildman–Crippen LogP) is 4.15. The van der Waals surface area contributed by atoms with Crippen LogP contribution < -0.4 is 4.74 Å². The first-order chi connectivity index (χ1) is 9.93. The van der Waals surface area contributed by atoms with Gasteiger partial charge in [0.1, 0.15) is 0 Å². The number of benzene rings is 2. The third-order valence-electron chi connectivity index (χ3n) is 3.02. The van der Waals surface area contributed by atoms with Crippen LogP contribution in [0.3, 0.4) is 0 Å². The van der Waals surface area contributed by atoms with Crippen molar-refractivity contribution in [1.29, 1.82) is 0 Å². The second-order valence-electron chi connectivity index (χ2n) is 4.68. The summed E-state index contributed by atoms with van der Waals surface area (Å²) in [4.78, 5) is 10.7. The standard InChI is InChI=1S/C15H14ClNO4/c1-9-6-10(2)14(13(7-9)17(19)20)21-15-11(8-18)4-3-5-12(15)16/h3-7,18H,8H2,1-2H3. The monoisotopic (exact) mass is 307 g/mol. The van der Waals surface area contributed by atoms with E-state index in [1.165, 1.54) is 6.07 Å². The molecule has 0 spiro atoms. The Morgan fingerprint density at radius 2 is 2.00 bits per heavy atom. The lowest BCUT2D eigenvalue weighted by molar-refractivity contribution is -0.385.